The Labute approximate surface area is 174 Å². The van der Waals surface area contributed by atoms with E-state index in [0.717, 1.165) is 0 Å². The van der Waals surface area contributed by atoms with E-state index in [1.165, 1.54) is 76.9 Å². The van der Waals surface area contributed by atoms with Crippen LogP contribution < -0.4 is 0 Å². The SMILES string of the molecule is C1N2CN3CN1CN(C2)C3.Cl.O=C(O)c1cccnc1.O=C(O)c1cccnc1. The Morgan fingerprint density at radius 2 is 1.00 bits per heavy atom. The number of halogens is 1. The Balaban J connectivity index is 0.000000153. The molecule has 29 heavy (non-hydrogen) atoms. The van der Waals surface area contributed by atoms with Crippen LogP contribution in [0.2, 0.25) is 0 Å². The fourth-order valence-electron chi connectivity index (χ4n) is 3.21. The average Bonchev–Trinajstić information content (AvgIpc) is 2.69. The maximum atomic E-state index is 10.2. The maximum Gasteiger partial charge on any atom is 0.337 e. The fourth-order valence-corrected chi connectivity index (χ4v) is 3.21. The van der Waals surface area contributed by atoms with Gasteiger partial charge in [0.05, 0.1) is 51.1 Å². The van der Waals surface area contributed by atoms with Gasteiger partial charge in [0.2, 0.25) is 0 Å². The van der Waals surface area contributed by atoms with Crippen molar-refractivity contribution in [2.75, 3.05) is 40.0 Å². The second-order valence-electron chi connectivity index (χ2n) is 6.63. The summed E-state index contributed by atoms with van der Waals surface area (Å²) in [5.41, 5.74) is 0.440. The van der Waals surface area contributed by atoms with Crippen LogP contribution in [0.1, 0.15) is 20.7 Å². The van der Waals surface area contributed by atoms with Crippen LogP contribution in [0.4, 0.5) is 0 Å². The highest BCUT2D eigenvalue weighted by atomic mass is 35.5. The number of hydrogen-bond donors (Lipinski definition) is 2. The zero-order chi connectivity index (χ0) is 19.9. The third-order valence-electron chi connectivity index (χ3n) is 4.22. The molecule has 4 aliphatic rings. The minimum Gasteiger partial charge on any atom is -0.478 e. The third-order valence-corrected chi connectivity index (χ3v) is 4.22. The van der Waals surface area contributed by atoms with Crippen molar-refractivity contribution in [2.24, 2.45) is 0 Å². The van der Waals surface area contributed by atoms with Crippen LogP contribution in [0.3, 0.4) is 0 Å². The van der Waals surface area contributed by atoms with Crippen molar-refractivity contribution in [3.63, 3.8) is 0 Å². The summed E-state index contributed by atoms with van der Waals surface area (Å²) >= 11 is 0. The van der Waals surface area contributed by atoms with E-state index < -0.39 is 11.9 Å². The Morgan fingerprint density at radius 1 is 0.690 bits per heavy atom. The number of carboxylic acid groups (broad SMARTS) is 2. The van der Waals surface area contributed by atoms with E-state index in [-0.39, 0.29) is 23.5 Å². The van der Waals surface area contributed by atoms with E-state index in [4.69, 9.17) is 10.2 Å². The highest BCUT2D eigenvalue weighted by Gasteiger charge is 2.36. The van der Waals surface area contributed by atoms with Gasteiger partial charge in [0.1, 0.15) is 0 Å². The average molecular weight is 423 g/mol. The van der Waals surface area contributed by atoms with Gasteiger partial charge in [-0.2, -0.15) is 0 Å². The highest BCUT2D eigenvalue weighted by molar-refractivity contribution is 5.87. The molecule has 2 aromatic rings. The summed E-state index contributed by atoms with van der Waals surface area (Å²) in [5.74, 6) is -1.88. The van der Waals surface area contributed by atoms with Gasteiger partial charge in [-0.25, -0.2) is 9.59 Å². The van der Waals surface area contributed by atoms with E-state index >= 15 is 0 Å². The molecule has 0 saturated carbocycles. The van der Waals surface area contributed by atoms with Gasteiger partial charge in [-0.05, 0) is 24.3 Å². The maximum absolute atomic E-state index is 10.2. The monoisotopic (exact) mass is 422 g/mol. The molecule has 0 spiro atoms. The molecule has 6 heterocycles. The molecule has 6 rings (SSSR count). The first kappa shape index (κ1) is 22.7. The smallest absolute Gasteiger partial charge is 0.337 e. The van der Waals surface area contributed by atoms with Crippen molar-refractivity contribution in [2.45, 2.75) is 0 Å². The molecule has 0 radical (unpaired) electrons. The van der Waals surface area contributed by atoms with Crippen LogP contribution >= 0.6 is 12.4 Å². The van der Waals surface area contributed by atoms with Gasteiger partial charge >= 0.3 is 11.9 Å². The number of pyridine rings is 2. The van der Waals surface area contributed by atoms with Crippen LogP contribution in [-0.4, -0.2) is 91.7 Å². The predicted octanol–water partition coefficient (Wildman–Crippen LogP) is 0.962. The molecule has 2 aromatic heterocycles. The number of aromatic nitrogens is 2. The minimum absolute atomic E-state index is 0. The highest BCUT2D eigenvalue weighted by Crippen LogP contribution is 2.20. The summed E-state index contributed by atoms with van der Waals surface area (Å²) < 4.78 is 0. The molecule has 4 fully saturated rings. The number of carboxylic acids is 2. The Hall–Kier alpha value is -2.63. The lowest BCUT2D eigenvalue weighted by Gasteiger charge is -2.56. The quantitative estimate of drug-likeness (QED) is 0.725. The van der Waals surface area contributed by atoms with Gasteiger partial charge < -0.3 is 10.2 Å². The van der Waals surface area contributed by atoms with Crippen molar-refractivity contribution < 1.29 is 19.8 Å². The molecule has 10 nitrogen and oxygen atoms in total. The second-order valence-corrected chi connectivity index (χ2v) is 6.63. The first-order valence-corrected chi connectivity index (χ1v) is 8.67. The molecule has 0 unspecified atom stereocenters. The summed E-state index contributed by atoms with van der Waals surface area (Å²) in [5, 5.41) is 16.7. The minimum atomic E-state index is -0.942. The van der Waals surface area contributed by atoms with Crippen molar-refractivity contribution in [3.8, 4) is 0 Å². The molecule has 0 aromatic carbocycles. The molecular formula is C18H23ClN6O4. The van der Waals surface area contributed by atoms with Crippen LogP contribution in [0, 0.1) is 0 Å². The van der Waals surface area contributed by atoms with Crippen LogP contribution in [0.5, 0.6) is 0 Å². The van der Waals surface area contributed by atoms with E-state index in [9.17, 15) is 9.59 Å². The molecule has 11 heteroatoms. The molecule has 0 aliphatic carbocycles. The van der Waals surface area contributed by atoms with Crippen molar-refractivity contribution in [3.05, 3.63) is 60.2 Å². The molecule has 156 valence electrons. The van der Waals surface area contributed by atoms with Gasteiger partial charge in [-0.15, -0.1) is 12.4 Å². The molecule has 0 atom stereocenters. The van der Waals surface area contributed by atoms with Crippen LogP contribution in [-0.2, 0) is 0 Å². The predicted molar refractivity (Wildman–Crippen MR) is 106 cm³/mol. The summed E-state index contributed by atoms with van der Waals surface area (Å²) in [6.45, 7) is 7.12. The zero-order valence-corrected chi connectivity index (χ0v) is 16.5. The van der Waals surface area contributed by atoms with Crippen molar-refractivity contribution in [1.82, 2.24) is 29.6 Å². The third kappa shape index (κ3) is 6.73. The number of rotatable bonds is 2. The van der Waals surface area contributed by atoms with E-state index in [1.807, 2.05) is 0 Å². The first-order valence-electron chi connectivity index (χ1n) is 8.67. The van der Waals surface area contributed by atoms with Crippen molar-refractivity contribution >= 4 is 24.3 Å². The molecule has 4 bridgehead atoms. The summed E-state index contributed by atoms with van der Waals surface area (Å²) in [6.07, 6.45) is 5.68. The Morgan fingerprint density at radius 3 is 1.17 bits per heavy atom. The zero-order valence-electron chi connectivity index (χ0n) is 15.7. The first-order chi connectivity index (χ1) is 13.5. The van der Waals surface area contributed by atoms with E-state index in [1.54, 1.807) is 12.1 Å². The van der Waals surface area contributed by atoms with Gasteiger partial charge in [0.25, 0.3) is 0 Å². The van der Waals surface area contributed by atoms with E-state index in [0.29, 0.717) is 0 Å². The largest absolute Gasteiger partial charge is 0.478 e. The number of carbonyl (C=O) groups is 2. The van der Waals surface area contributed by atoms with Crippen LogP contribution in [0.25, 0.3) is 0 Å². The molecule has 4 saturated heterocycles. The summed E-state index contributed by atoms with van der Waals surface area (Å²) in [7, 11) is 0. The number of hydrogen-bond acceptors (Lipinski definition) is 8. The standard InChI is InChI=1S/C6H12N4.2C6H5NO2.ClH/c1-7-2-9-4-8(1)5-10(3-7)6-9;2*8-6(9)5-2-1-3-7-4-5;/h1-6H2;2*1-4H,(H,8,9);1H. The van der Waals surface area contributed by atoms with E-state index in [2.05, 4.69) is 29.6 Å². The lowest BCUT2D eigenvalue weighted by Crippen LogP contribution is -2.71. The Kier molecular flexibility index (Phi) is 8.43. The number of nitrogens with zero attached hydrogens (tertiary/aromatic N) is 6. The second kappa shape index (κ2) is 10.8. The lowest BCUT2D eigenvalue weighted by molar-refractivity contribution is -0.194. The van der Waals surface area contributed by atoms with Crippen LogP contribution in [0.15, 0.2) is 49.1 Å². The topological polar surface area (TPSA) is 113 Å². The molecule has 0 amide bonds. The molecule has 4 aliphatic heterocycles. The summed E-state index contributed by atoms with van der Waals surface area (Å²) in [6, 6.07) is 6.16. The normalized spacial score (nSPS) is 25.4. The van der Waals surface area contributed by atoms with Gasteiger partial charge in [0, 0.05) is 24.8 Å². The number of aromatic carboxylic acids is 2. The summed E-state index contributed by atoms with van der Waals surface area (Å²) in [4.78, 5) is 37.4. The fraction of sp³-hybridized carbons (Fsp3) is 0.333. The molecule has 2 N–H and O–H groups in total. The molecular weight excluding hydrogens is 400 g/mol. The Bertz CT molecular complexity index is 689. The van der Waals surface area contributed by atoms with Gasteiger partial charge in [-0.1, -0.05) is 0 Å². The lowest BCUT2D eigenvalue weighted by atomic mass is 10.3. The van der Waals surface area contributed by atoms with Crippen molar-refractivity contribution in [1.29, 1.82) is 0 Å². The van der Waals surface area contributed by atoms with Gasteiger partial charge in [0.15, 0.2) is 0 Å². The van der Waals surface area contributed by atoms with Gasteiger partial charge in [-0.3, -0.25) is 29.6 Å².